The monoisotopic (exact) mass is 310 g/mol. The van der Waals surface area contributed by atoms with E-state index in [1.807, 2.05) is 36.4 Å². The van der Waals surface area contributed by atoms with E-state index in [2.05, 4.69) is 20.8 Å². The molecule has 0 bridgehead atoms. The lowest BCUT2D eigenvalue weighted by Crippen LogP contribution is -2.22. The fourth-order valence-corrected chi connectivity index (χ4v) is 2.57. The SMILES string of the molecule is NN/N=C(\N)c1ccc2[nH]nc(-c3ccc4c(c3)OCO4)c2c1. The normalized spacial score (nSPS) is 13.5. The van der Waals surface area contributed by atoms with Crippen molar-refractivity contribution in [3.8, 4) is 22.8 Å². The van der Waals surface area contributed by atoms with Gasteiger partial charge in [-0.1, -0.05) is 0 Å². The maximum absolute atomic E-state index is 5.87. The van der Waals surface area contributed by atoms with E-state index in [0.717, 1.165) is 33.5 Å². The second-order valence-electron chi connectivity index (χ2n) is 5.03. The zero-order valence-corrected chi connectivity index (χ0v) is 12.0. The summed E-state index contributed by atoms with van der Waals surface area (Å²) in [5.41, 5.74) is 11.4. The Labute approximate surface area is 131 Å². The number of benzene rings is 2. The smallest absolute Gasteiger partial charge is 0.231 e. The van der Waals surface area contributed by atoms with Crippen LogP contribution in [0.3, 0.4) is 0 Å². The molecule has 0 saturated carbocycles. The van der Waals surface area contributed by atoms with E-state index in [1.165, 1.54) is 0 Å². The highest BCUT2D eigenvalue weighted by atomic mass is 16.7. The lowest BCUT2D eigenvalue weighted by atomic mass is 10.0. The molecule has 0 fully saturated rings. The quantitative estimate of drug-likeness (QED) is 0.248. The minimum Gasteiger partial charge on any atom is -0.454 e. The summed E-state index contributed by atoms with van der Waals surface area (Å²) in [6, 6.07) is 11.4. The number of hydrazone groups is 1. The van der Waals surface area contributed by atoms with Crippen LogP contribution < -0.4 is 26.6 Å². The Morgan fingerprint density at radius 2 is 2.04 bits per heavy atom. The number of aromatic nitrogens is 2. The van der Waals surface area contributed by atoms with Gasteiger partial charge in [0, 0.05) is 16.5 Å². The largest absolute Gasteiger partial charge is 0.454 e. The molecule has 1 aliphatic rings. The molecule has 6 N–H and O–H groups in total. The van der Waals surface area contributed by atoms with Crippen molar-refractivity contribution < 1.29 is 9.47 Å². The number of amidine groups is 1. The topological polar surface area (TPSA) is 124 Å². The lowest BCUT2D eigenvalue weighted by molar-refractivity contribution is 0.174. The molecule has 0 amide bonds. The van der Waals surface area contributed by atoms with Crippen molar-refractivity contribution in [3.05, 3.63) is 42.0 Å². The van der Waals surface area contributed by atoms with Gasteiger partial charge in [0.05, 0.1) is 5.52 Å². The molecule has 0 saturated heterocycles. The first kappa shape index (κ1) is 13.4. The number of hydrogen-bond donors (Lipinski definition) is 4. The minimum atomic E-state index is 0.239. The molecule has 2 aromatic carbocycles. The van der Waals surface area contributed by atoms with Gasteiger partial charge in [-0.2, -0.15) is 5.10 Å². The third-order valence-electron chi connectivity index (χ3n) is 3.69. The highest BCUT2D eigenvalue weighted by molar-refractivity contribution is 6.03. The predicted molar refractivity (Wildman–Crippen MR) is 85.7 cm³/mol. The molecule has 1 aromatic heterocycles. The number of fused-ring (bicyclic) bond motifs is 2. The lowest BCUT2D eigenvalue weighted by Gasteiger charge is -2.03. The number of nitrogens with one attached hydrogen (secondary N) is 2. The van der Waals surface area contributed by atoms with Crippen LogP contribution in [0, 0.1) is 0 Å². The van der Waals surface area contributed by atoms with Gasteiger partial charge in [-0.3, -0.25) is 5.10 Å². The Bertz CT molecular complexity index is 917. The number of ether oxygens (including phenoxy) is 2. The van der Waals surface area contributed by atoms with E-state index in [0.29, 0.717) is 11.6 Å². The first-order valence-corrected chi connectivity index (χ1v) is 6.93. The average Bonchev–Trinajstić information content (AvgIpc) is 3.20. The average molecular weight is 310 g/mol. The fourth-order valence-electron chi connectivity index (χ4n) is 2.57. The molecule has 8 nitrogen and oxygen atoms in total. The van der Waals surface area contributed by atoms with Crippen molar-refractivity contribution in [1.29, 1.82) is 0 Å². The number of aromatic amines is 1. The molecule has 0 atom stereocenters. The van der Waals surface area contributed by atoms with Crippen LogP contribution in [-0.2, 0) is 0 Å². The molecule has 0 spiro atoms. The van der Waals surface area contributed by atoms with E-state index in [9.17, 15) is 0 Å². The Kier molecular flexibility index (Phi) is 3.02. The number of nitrogens with two attached hydrogens (primary N) is 2. The number of hydrazine groups is 1. The van der Waals surface area contributed by atoms with Crippen LogP contribution in [0.4, 0.5) is 0 Å². The van der Waals surface area contributed by atoms with Gasteiger partial charge in [-0.15, -0.1) is 5.10 Å². The minimum absolute atomic E-state index is 0.239. The van der Waals surface area contributed by atoms with E-state index in [4.69, 9.17) is 21.1 Å². The van der Waals surface area contributed by atoms with E-state index >= 15 is 0 Å². The second-order valence-corrected chi connectivity index (χ2v) is 5.03. The van der Waals surface area contributed by atoms with Crippen molar-refractivity contribution in [1.82, 2.24) is 15.7 Å². The fraction of sp³-hybridized carbons (Fsp3) is 0.0667. The summed E-state index contributed by atoms with van der Waals surface area (Å²) in [6.45, 7) is 0.239. The number of H-pyrrole nitrogens is 1. The first-order valence-electron chi connectivity index (χ1n) is 6.93. The zero-order chi connectivity index (χ0) is 15.8. The third-order valence-corrected chi connectivity index (χ3v) is 3.69. The molecule has 0 radical (unpaired) electrons. The Balaban J connectivity index is 1.84. The molecule has 0 aliphatic carbocycles. The molecule has 23 heavy (non-hydrogen) atoms. The summed E-state index contributed by atoms with van der Waals surface area (Å²) in [7, 11) is 0. The van der Waals surface area contributed by atoms with Crippen molar-refractivity contribution in [2.45, 2.75) is 0 Å². The number of nitrogens with zero attached hydrogens (tertiary/aromatic N) is 2. The summed E-state index contributed by atoms with van der Waals surface area (Å²) in [5.74, 6) is 6.92. The Morgan fingerprint density at radius 1 is 1.17 bits per heavy atom. The van der Waals surface area contributed by atoms with Crippen LogP contribution in [0.25, 0.3) is 22.2 Å². The van der Waals surface area contributed by atoms with Crippen molar-refractivity contribution in [3.63, 3.8) is 0 Å². The van der Waals surface area contributed by atoms with Gasteiger partial charge in [0.2, 0.25) is 6.79 Å². The maximum atomic E-state index is 5.87. The molecule has 2 heterocycles. The molecule has 8 heteroatoms. The predicted octanol–water partition coefficient (Wildman–Crippen LogP) is 1.04. The summed E-state index contributed by atoms with van der Waals surface area (Å²) in [4.78, 5) is 0. The first-order chi connectivity index (χ1) is 11.3. The highest BCUT2D eigenvalue weighted by Crippen LogP contribution is 2.37. The van der Waals surface area contributed by atoms with Gasteiger partial charge >= 0.3 is 0 Å². The van der Waals surface area contributed by atoms with Gasteiger partial charge in [-0.25, -0.2) is 11.4 Å². The van der Waals surface area contributed by atoms with Gasteiger partial charge in [0.15, 0.2) is 17.3 Å². The Hall–Kier alpha value is -3.26. The van der Waals surface area contributed by atoms with E-state index in [-0.39, 0.29) is 6.79 Å². The van der Waals surface area contributed by atoms with Crippen molar-refractivity contribution in [2.24, 2.45) is 16.7 Å². The highest BCUT2D eigenvalue weighted by Gasteiger charge is 2.16. The summed E-state index contributed by atoms with van der Waals surface area (Å²) < 4.78 is 10.8. The van der Waals surface area contributed by atoms with E-state index in [1.54, 1.807) is 0 Å². The number of hydrogen-bond acceptors (Lipinski definition) is 6. The van der Waals surface area contributed by atoms with Gasteiger partial charge < -0.3 is 15.2 Å². The third kappa shape index (κ3) is 2.21. The van der Waals surface area contributed by atoms with Crippen LogP contribution in [0.2, 0.25) is 0 Å². The summed E-state index contributed by atoms with van der Waals surface area (Å²) in [6.07, 6.45) is 0. The number of rotatable bonds is 3. The molecule has 1 aliphatic heterocycles. The van der Waals surface area contributed by atoms with Gasteiger partial charge in [-0.05, 0) is 36.4 Å². The van der Waals surface area contributed by atoms with Gasteiger partial charge in [0.1, 0.15) is 5.69 Å². The zero-order valence-electron chi connectivity index (χ0n) is 12.0. The van der Waals surface area contributed by atoms with Crippen molar-refractivity contribution >= 4 is 16.7 Å². The summed E-state index contributed by atoms with van der Waals surface area (Å²) >= 11 is 0. The molecular weight excluding hydrogens is 296 g/mol. The van der Waals surface area contributed by atoms with E-state index < -0.39 is 0 Å². The Morgan fingerprint density at radius 3 is 2.91 bits per heavy atom. The van der Waals surface area contributed by atoms with Crippen LogP contribution in [-0.4, -0.2) is 22.8 Å². The summed E-state index contributed by atoms with van der Waals surface area (Å²) in [5, 5.41) is 12.1. The molecule has 116 valence electrons. The molecule has 3 aromatic rings. The van der Waals surface area contributed by atoms with Crippen LogP contribution in [0.1, 0.15) is 5.56 Å². The van der Waals surface area contributed by atoms with Gasteiger partial charge in [0.25, 0.3) is 0 Å². The van der Waals surface area contributed by atoms with Crippen LogP contribution >= 0.6 is 0 Å². The van der Waals surface area contributed by atoms with Crippen molar-refractivity contribution in [2.75, 3.05) is 6.79 Å². The second kappa shape index (κ2) is 5.18. The maximum Gasteiger partial charge on any atom is 0.231 e. The standard InChI is InChI=1S/C15H14N6O2/c16-15(20-21-17)9-1-3-11-10(5-9)14(19-18-11)8-2-4-12-13(6-8)23-7-22-12/h1-6,21H,7,17H2,(H2,16,20)(H,18,19). The molecule has 0 unspecified atom stereocenters. The molecule has 4 rings (SSSR count). The van der Waals surface area contributed by atoms with Crippen LogP contribution in [0.15, 0.2) is 41.5 Å². The molecular formula is C15H14N6O2. The van der Waals surface area contributed by atoms with Crippen LogP contribution in [0.5, 0.6) is 11.5 Å².